The van der Waals surface area contributed by atoms with E-state index in [-0.39, 0.29) is 36.0 Å². The van der Waals surface area contributed by atoms with E-state index < -0.39 is 0 Å². The summed E-state index contributed by atoms with van der Waals surface area (Å²) in [5.74, 6) is -0.239. The number of benzene rings is 1. The molecule has 0 bridgehead atoms. The van der Waals surface area contributed by atoms with Crippen molar-refractivity contribution in [1.29, 1.82) is 0 Å². The Balaban J connectivity index is 2.52. The molecule has 7 heteroatoms. The third kappa shape index (κ3) is 26.8. The number of aldehydes is 1. The van der Waals surface area contributed by atoms with Crippen LogP contribution in [0.3, 0.4) is 0 Å². The van der Waals surface area contributed by atoms with Crippen LogP contribution in [0.4, 0.5) is 0 Å². The van der Waals surface area contributed by atoms with Crippen LogP contribution in [-0.2, 0) is 32.1 Å². The second-order valence-corrected chi connectivity index (χ2v) is 17.0. The van der Waals surface area contributed by atoms with Crippen LogP contribution in [0.2, 0.25) is 0 Å². The Bertz CT molecular complexity index is 1290. The third-order valence-corrected chi connectivity index (χ3v) is 11.2. The van der Waals surface area contributed by atoms with Crippen LogP contribution >= 0.6 is 0 Å². The Morgan fingerprint density at radius 2 is 1.09 bits per heavy atom. The minimum absolute atomic E-state index is 0.0973. The van der Waals surface area contributed by atoms with Gasteiger partial charge in [0.1, 0.15) is 24.2 Å². The fraction of sp³-hybridized carbons (Fsp3) is 0.745. The van der Waals surface area contributed by atoms with Crippen LogP contribution in [0.25, 0.3) is 0 Å². The molecule has 0 fully saturated rings. The summed E-state index contributed by atoms with van der Waals surface area (Å²) in [5, 5.41) is 11.2. The second-order valence-electron chi connectivity index (χ2n) is 17.0. The topological polar surface area (TPSA) is 99.1 Å². The van der Waals surface area contributed by atoms with Gasteiger partial charge in [0.25, 0.3) is 0 Å². The van der Waals surface area contributed by atoms with E-state index in [9.17, 15) is 19.5 Å². The second kappa shape index (κ2) is 35.8. The summed E-state index contributed by atoms with van der Waals surface area (Å²) < 4.78 is 17.1. The molecule has 332 valence electrons. The SMILES string of the molecule is CCCCCCCCCCCCCCCC(=O)OCc1cc(OC)c(C/C=C(\C)C[C@@H](C=C(C)C)OC(=O)CCCCCCCCCCCCCCC)c(O)c1C=O. The van der Waals surface area contributed by atoms with Gasteiger partial charge in [-0.1, -0.05) is 185 Å². The van der Waals surface area contributed by atoms with Crippen molar-refractivity contribution in [3.05, 3.63) is 46.1 Å². The van der Waals surface area contributed by atoms with E-state index in [1.807, 2.05) is 32.9 Å². The summed E-state index contributed by atoms with van der Waals surface area (Å²) >= 11 is 0. The summed E-state index contributed by atoms with van der Waals surface area (Å²) in [6.07, 6.45) is 38.3. The molecule has 58 heavy (non-hydrogen) atoms. The molecule has 0 aliphatic carbocycles. The van der Waals surface area contributed by atoms with Gasteiger partial charge in [-0.05, 0) is 52.2 Å². The van der Waals surface area contributed by atoms with Crippen molar-refractivity contribution in [2.45, 2.75) is 240 Å². The van der Waals surface area contributed by atoms with Crippen LogP contribution < -0.4 is 4.74 Å². The van der Waals surface area contributed by atoms with E-state index in [4.69, 9.17) is 14.2 Å². The summed E-state index contributed by atoms with van der Waals surface area (Å²) in [7, 11) is 1.52. The normalized spacial score (nSPS) is 12.0. The Hall–Kier alpha value is -3.09. The molecule has 0 saturated carbocycles. The Kier molecular flexibility index (Phi) is 32.7. The van der Waals surface area contributed by atoms with Crippen molar-refractivity contribution >= 4 is 18.2 Å². The van der Waals surface area contributed by atoms with Crippen molar-refractivity contribution in [2.75, 3.05) is 7.11 Å². The predicted molar refractivity (Wildman–Crippen MR) is 242 cm³/mol. The zero-order valence-corrected chi connectivity index (χ0v) is 38.2. The number of unbranched alkanes of at least 4 members (excludes halogenated alkanes) is 24. The molecule has 0 saturated heterocycles. The highest BCUT2D eigenvalue weighted by Crippen LogP contribution is 2.35. The fourth-order valence-corrected chi connectivity index (χ4v) is 7.60. The number of rotatable bonds is 38. The minimum Gasteiger partial charge on any atom is -0.507 e. The Labute approximate surface area is 355 Å². The van der Waals surface area contributed by atoms with Gasteiger partial charge in [-0.15, -0.1) is 0 Å². The number of phenols is 1. The summed E-state index contributed by atoms with van der Waals surface area (Å²) in [4.78, 5) is 37.5. The first-order chi connectivity index (χ1) is 28.2. The predicted octanol–water partition coefficient (Wildman–Crippen LogP) is 15.0. The average molecular weight is 811 g/mol. The lowest BCUT2D eigenvalue weighted by molar-refractivity contribution is -0.147. The highest BCUT2D eigenvalue weighted by molar-refractivity contribution is 5.84. The third-order valence-electron chi connectivity index (χ3n) is 11.2. The van der Waals surface area contributed by atoms with Gasteiger partial charge in [0.2, 0.25) is 0 Å². The van der Waals surface area contributed by atoms with Gasteiger partial charge in [-0.25, -0.2) is 0 Å². The molecule has 1 aromatic carbocycles. The number of hydrogen-bond donors (Lipinski definition) is 1. The fourth-order valence-electron chi connectivity index (χ4n) is 7.60. The van der Waals surface area contributed by atoms with Crippen LogP contribution in [-0.4, -0.2) is 36.5 Å². The van der Waals surface area contributed by atoms with Crippen molar-refractivity contribution in [3.8, 4) is 11.5 Å². The van der Waals surface area contributed by atoms with Crippen molar-refractivity contribution in [2.24, 2.45) is 0 Å². The van der Waals surface area contributed by atoms with Crippen LogP contribution in [0.1, 0.15) is 242 Å². The first-order valence-corrected chi connectivity index (χ1v) is 23.7. The van der Waals surface area contributed by atoms with E-state index in [2.05, 4.69) is 13.8 Å². The van der Waals surface area contributed by atoms with E-state index in [0.717, 1.165) is 49.7 Å². The van der Waals surface area contributed by atoms with Gasteiger partial charge < -0.3 is 19.3 Å². The molecule has 0 aromatic heterocycles. The van der Waals surface area contributed by atoms with Crippen molar-refractivity contribution < 1.29 is 33.7 Å². The van der Waals surface area contributed by atoms with Gasteiger partial charge >= 0.3 is 11.9 Å². The number of hydrogen-bond acceptors (Lipinski definition) is 7. The molecule has 0 aliphatic rings. The van der Waals surface area contributed by atoms with Crippen molar-refractivity contribution in [1.82, 2.24) is 0 Å². The van der Waals surface area contributed by atoms with E-state index in [1.54, 1.807) is 6.07 Å². The largest absolute Gasteiger partial charge is 0.507 e. The molecule has 0 spiro atoms. The number of esters is 2. The summed E-state index contributed by atoms with van der Waals surface area (Å²) in [5.41, 5.74) is 3.04. The maximum Gasteiger partial charge on any atom is 0.306 e. The first kappa shape index (κ1) is 52.9. The molecule has 0 heterocycles. The number of allylic oxidation sites excluding steroid dienone is 2. The number of ether oxygens (including phenoxy) is 3. The number of aromatic hydroxyl groups is 1. The molecular formula is C51H86O7. The molecule has 0 amide bonds. The van der Waals surface area contributed by atoms with Crippen molar-refractivity contribution in [3.63, 3.8) is 0 Å². The number of carbonyl (C=O) groups excluding carboxylic acids is 3. The van der Waals surface area contributed by atoms with Crippen LogP contribution in [0.5, 0.6) is 11.5 Å². The molecule has 1 aromatic rings. The minimum atomic E-state index is -0.381. The lowest BCUT2D eigenvalue weighted by Crippen LogP contribution is -2.17. The van der Waals surface area contributed by atoms with Gasteiger partial charge in [0.05, 0.1) is 12.7 Å². The molecule has 1 N–H and O–H groups in total. The molecule has 0 radical (unpaired) electrons. The summed E-state index contributed by atoms with van der Waals surface area (Å²) in [6.45, 7) is 10.4. The Morgan fingerprint density at radius 3 is 1.50 bits per heavy atom. The quantitative estimate of drug-likeness (QED) is 0.0307. The molecular weight excluding hydrogens is 725 g/mol. The number of methoxy groups -OCH3 is 1. The van der Waals surface area contributed by atoms with Crippen LogP contribution in [0, 0.1) is 0 Å². The maximum absolute atomic E-state index is 12.8. The number of carbonyl (C=O) groups is 3. The highest BCUT2D eigenvalue weighted by atomic mass is 16.5. The molecule has 0 unspecified atom stereocenters. The number of phenolic OH excluding ortho intramolecular Hbond substituents is 1. The summed E-state index contributed by atoms with van der Waals surface area (Å²) in [6, 6.07) is 1.67. The molecule has 1 rings (SSSR count). The van der Waals surface area contributed by atoms with Gasteiger partial charge in [-0.2, -0.15) is 0 Å². The molecule has 0 aliphatic heterocycles. The standard InChI is InChI=1S/C51H86O7/c1-7-9-11-13-15-17-19-21-23-25-27-29-31-33-49(53)57-41-44-39-48(56-6)46(51(55)47(44)40-52)36-35-43(5)38-45(37-42(3)4)58-50(54)34-32-30-28-26-24-22-20-18-16-14-12-10-8-2/h35,37,39-40,45,55H,7-34,36,38,41H2,1-6H3/b43-35+/t45-/m1/s1. The zero-order chi connectivity index (χ0) is 42.6. The lowest BCUT2D eigenvalue weighted by atomic mass is 9.98. The van der Waals surface area contributed by atoms with Crippen LogP contribution in [0.15, 0.2) is 29.4 Å². The van der Waals surface area contributed by atoms with E-state index >= 15 is 0 Å². The molecule has 1 atom stereocenters. The van der Waals surface area contributed by atoms with E-state index in [1.165, 1.54) is 136 Å². The smallest absolute Gasteiger partial charge is 0.306 e. The van der Waals surface area contributed by atoms with Gasteiger partial charge in [0, 0.05) is 30.4 Å². The van der Waals surface area contributed by atoms with E-state index in [0.29, 0.717) is 48.8 Å². The van der Waals surface area contributed by atoms with Gasteiger partial charge in [0.15, 0.2) is 6.29 Å². The maximum atomic E-state index is 12.8. The van der Waals surface area contributed by atoms with Gasteiger partial charge in [-0.3, -0.25) is 14.4 Å². The highest BCUT2D eigenvalue weighted by Gasteiger charge is 2.19. The average Bonchev–Trinajstić information content (AvgIpc) is 3.19. The monoisotopic (exact) mass is 811 g/mol. The zero-order valence-electron chi connectivity index (χ0n) is 38.2. The molecule has 7 nitrogen and oxygen atoms in total. The lowest BCUT2D eigenvalue weighted by Gasteiger charge is -2.17. The first-order valence-electron chi connectivity index (χ1n) is 23.7. The Morgan fingerprint density at radius 1 is 0.655 bits per heavy atom.